The first kappa shape index (κ1) is 23.3. The van der Waals surface area contributed by atoms with Gasteiger partial charge in [-0.3, -0.25) is 0 Å². The van der Waals surface area contributed by atoms with Crippen LogP contribution >= 0.6 is 11.8 Å². The second kappa shape index (κ2) is 14.1. The summed E-state index contributed by atoms with van der Waals surface area (Å²) in [6.07, 6.45) is 11.7. The Hall–Kier alpha value is -2.00. The Morgan fingerprint density at radius 2 is 1.24 bits per heavy atom. The van der Waals surface area contributed by atoms with Crippen molar-refractivity contribution < 1.29 is 9.90 Å². The number of hydrogen-bond donors (Lipinski definition) is 1. The van der Waals surface area contributed by atoms with E-state index in [4.69, 9.17) is 5.11 Å². The van der Waals surface area contributed by atoms with Gasteiger partial charge >= 0.3 is 5.97 Å². The maximum Gasteiger partial charge on any atom is 0.330 e. The Morgan fingerprint density at radius 1 is 0.724 bits per heavy atom. The monoisotopic (exact) mass is 410 g/mol. The molecule has 0 aliphatic carbocycles. The minimum absolute atomic E-state index is 0.343. The molecule has 0 amide bonds. The summed E-state index contributed by atoms with van der Waals surface area (Å²) in [5.74, 6) is 0.338. The lowest BCUT2D eigenvalue weighted by Crippen LogP contribution is -1.98. The number of benzene rings is 2. The molecule has 0 aliphatic heterocycles. The zero-order chi connectivity index (χ0) is 20.7. The highest BCUT2D eigenvalue weighted by Gasteiger charge is 2.02. The number of thioether (sulfide) groups is 1. The molecule has 2 aromatic rings. The summed E-state index contributed by atoms with van der Waals surface area (Å²) in [4.78, 5) is 12.0. The van der Waals surface area contributed by atoms with Crippen molar-refractivity contribution in [3.05, 3.63) is 66.7 Å². The van der Waals surface area contributed by atoms with Gasteiger partial charge < -0.3 is 5.11 Å². The van der Waals surface area contributed by atoms with Crippen LogP contribution in [0.1, 0.15) is 64.2 Å². The molecular formula is C26H34O2S. The Bertz CT molecular complexity index is 722. The summed E-state index contributed by atoms with van der Waals surface area (Å²) in [6, 6.07) is 19.4. The Morgan fingerprint density at radius 3 is 1.83 bits per heavy atom. The molecular weight excluding hydrogens is 376 g/mol. The van der Waals surface area contributed by atoms with Crippen LogP contribution in [0.15, 0.2) is 71.6 Å². The number of hydrogen-bond acceptors (Lipinski definition) is 2. The molecule has 3 heteroatoms. The van der Waals surface area contributed by atoms with Crippen LogP contribution in [0.4, 0.5) is 0 Å². The van der Waals surface area contributed by atoms with Crippen molar-refractivity contribution in [2.24, 2.45) is 0 Å². The molecule has 0 aromatic heterocycles. The quantitative estimate of drug-likeness (QED) is 0.184. The highest BCUT2D eigenvalue weighted by molar-refractivity contribution is 7.99. The van der Waals surface area contributed by atoms with Crippen LogP contribution in [-0.4, -0.2) is 16.8 Å². The number of rotatable bonds is 15. The predicted molar refractivity (Wildman–Crippen MR) is 126 cm³/mol. The van der Waals surface area contributed by atoms with Gasteiger partial charge in [0.25, 0.3) is 0 Å². The molecule has 0 aliphatic rings. The lowest BCUT2D eigenvalue weighted by Gasteiger charge is -2.05. The van der Waals surface area contributed by atoms with Crippen LogP contribution in [0, 0.1) is 0 Å². The van der Waals surface area contributed by atoms with Crippen molar-refractivity contribution in [2.45, 2.75) is 69.1 Å². The third kappa shape index (κ3) is 9.85. The van der Waals surface area contributed by atoms with Gasteiger partial charge in [-0.05, 0) is 48.3 Å². The minimum atomic E-state index is -0.854. The van der Waals surface area contributed by atoms with Crippen LogP contribution < -0.4 is 0 Å². The molecule has 0 heterocycles. The lowest BCUT2D eigenvalue weighted by molar-refractivity contribution is -0.132. The molecule has 0 saturated heterocycles. The van der Waals surface area contributed by atoms with Crippen molar-refractivity contribution >= 4 is 17.7 Å². The molecule has 0 saturated carbocycles. The molecule has 0 atom stereocenters. The SMILES string of the molecule is C=C(CCCCCCCCCCCSc1ccc(-c2ccccc2)cc1)C(=O)O. The van der Waals surface area contributed by atoms with E-state index in [1.807, 2.05) is 11.8 Å². The van der Waals surface area contributed by atoms with E-state index >= 15 is 0 Å². The summed E-state index contributed by atoms with van der Waals surface area (Å²) in [5.41, 5.74) is 2.89. The number of carbonyl (C=O) groups is 1. The van der Waals surface area contributed by atoms with E-state index in [9.17, 15) is 4.79 Å². The van der Waals surface area contributed by atoms with Gasteiger partial charge in [0.05, 0.1) is 0 Å². The van der Waals surface area contributed by atoms with Gasteiger partial charge in [-0.25, -0.2) is 4.79 Å². The van der Waals surface area contributed by atoms with Crippen LogP contribution in [0.5, 0.6) is 0 Å². The fourth-order valence-corrected chi connectivity index (χ4v) is 4.26. The first-order valence-electron chi connectivity index (χ1n) is 10.9. The summed E-state index contributed by atoms with van der Waals surface area (Å²) >= 11 is 1.96. The zero-order valence-electron chi connectivity index (χ0n) is 17.4. The molecule has 156 valence electrons. The summed E-state index contributed by atoms with van der Waals surface area (Å²) in [5, 5.41) is 8.76. The third-order valence-electron chi connectivity index (χ3n) is 5.16. The normalized spacial score (nSPS) is 10.8. The second-order valence-electron chi connectivity index (χ2n) is 7.58. The Kier molecular flexibility index (Phi) is 11.3. The second-order valence-corrected chi connectivity index (χ2v) is 8.75. The van der Waals surface area contributed by atoms with E-state index in [0.29, 0.717) is 12.0 Å². The van der Waals surface area contributed by atoms with Crippen LogP contribution in [0.25, 0.3) is 11.1 Å². The van der Waals surface area contributed by atoms with Crippen LogP contribution in [-0.2, 0) is 4.79 Å². The third-order valence-corrected chi connectivity index (χ3v) is 6.25. The highest BCUT2D eigenvalue weighted by Crippen LogP contribution is 2.25. The number of carboxylic acids is 1. The molecule has 0 spiro atoms. The molecule has 0 radical (unpaired) electrons. The number of carboxylic acid groups (broad SMARTS) is 1. The Labute approximate surface area is 180 Å². The van der Waals surface area contributed by atoms with Crippen molar-refractivity contribution in [1.82, 2.24) is 0 Å². The molecule has 0 unspecified atom stereocenters. The molecule has 2 rings (SSSR count). The Balaban J connectivity index is 1.43. The van der Waals surface area contributed by atoms with E-state index in [-0.39, 0.29) is 0 Å². The zero-order valence-corrected chi connectivity index (χ0v) is 18.3. The summed E-state index contributed by atoms with van der Waals surface area (Å²) < 4.78 is 0. The van der Waals surface area contributed by atoms with Gasteiger partial charge in [0.15, 0.2) is 0 Å². The van der Waals surface area contributed by atoms with Gasteiger partial charge in [-0.15, -0.1) is 11.8 Å². The maximum atomic E-state index is 10.7. The van der Waals surface area contributed by atoms with E-state index < -0.39 is 5.97 Å². The molecule has 0 fully saturated rings. The fraction of sp³-hybridized carbons (Fsp3) is 0.423. The van der Waals surface area contributed by atoms with Crippen molar-refractivity contribution in [1.29, 1.82) is 0 Å². The van der Waals surface area contributed by atoms with E-state index in [1.165, 1.54) is 66.7 Å². The summed E-state index contributed by atoms with van der Waals surface area (Å²) in [6.45, 7) is 3.57. The van der Waals surface area contributed by atoms with Gasteiger partial charge in [-0.2, -0.15) is 0 Å². The standard InChI is InChI=1S/C26H34O2S/c1-22(26(27)28)14-10-7-5-3-2-4-6-8-13-21-29-25-19-17-24(18-20-25)23-15-11-9-12-16-23/h9,11-12,15-20H,1-8,10,13-14,21H2,(H,27,28). The van der Waals surface area contributed by atoms with Crippen molar-refractivity contribution in [3.8, 4) is 11.1 Å². The van der Waals surface area contributed by atoms with Crippen LogP contribution in [0.3, 0.4) is 0 Å². The van der Waals surface area contributed by atoms with Gasteiger partial charge in [0.2, 0.25) is 0 Å². The number of aliphatic carboxylic acids is 1. The topological polar surface area (TPSA) is 37.3 Å². The van der Waals surface area contributed by atoms with Crippen molar-refractivity contribution in [2.75, 3.05) is 5.75 Å². The highest BCUT2D eigenvalue weighted by atomic mass is 32.2. The fourth-order valence-electron chi connectivity index (χ4n) is 3.35. The van der Waals surface area contributed by atoms with Crippen LogP contribution in [0.2, 0.25) is 0 Å². The smallest absolute Gasteiger partial charge is 0.330 e. The predicted octanol–water partition coefficient (Wildman–Crippen LogP) is 7.99. The van der Waals surface area contributed by atoms with E-state index in [1.54, 1.807) is 0 Å². The van der Waals surface area contributed by atoms with Gasteiger partial charge in [0, 0.05) is 10.5 Å². The first-order valence-corrected chi connectivity index (χ1v) is 11.8. The molecule has 29 heavy (non-hydrogen) atoms. The van der Waals surface area contributed by atoms with Gasteiger partial charge in [-0.1, -0.05) is 94.0 Å². The van der Waals surface area contributed by atoms with Gasteiger partial charge in [0.1, 0.15) is 0 Å². The largest absolute Gasteiger partial charge is 0.478 e. The van der Waals surface area contributed by atoms with Crippen molar-refractivity contribution in [3.63, 3.8) is 0 Å². The van der Waals surface area contributed by atoms with E-state index in [0.717, 1.165) is 12.8 Å². The molecule has 0 bridgehead atoms. The maximum absolute atomic E-state index is 10.7. The molecule has 2 aromatic carbocycles. The lowest BCUT2D eigenvalue weighted by atomic mass is 10.0. The average molecular weight is 411 g/mol. The molecule has 2 nitrogen and oxygen atoms in total. The summed E-state index contributed by atoms with van der Waals surface area (Å²) in [7, 11) is 0. The average Bonchev–Trinajstić information content (AvgIpc) is 2.75. The minimum Gasteiger partial charge on any atom is -0.478 e. The van der Waals surface area contributed by atoms with E-state index in [2.05, 4.69) is 61.2 Å². The molecule has 1 N–H and O–H groups in total. The number of unbranched alkanes of at least 4 members (excludes halogenated alkanes) is 8. The first-order chi connectivity index (χ1) is 14.2.